The minimum Gasteiger partial charge on any atom is -0.462 e. The molecule has 0 fully saturated rings. The molecule has 1 aromatic carbocycles. The number of hydrogen-bond donors (Lipinski definition) is 0. The third-order valence-corrected chi connectivity index (χ3v) is 3.29. The van der Waals surface area contributed by atoms with Gasteiger partial charge in [-0.15, -0.1) is 0 Å². The van der Waals surface area contributed by atoms with Gasteiger partial charge in [0.05, 0.1) is 12.7 Å². The van der Waals surface area contributed by atoms with Crippen molar-refractivity contribution >= 4 is 5.97 Å². The summed E-state index contributed by atoms with van der Waals surface area (Å²) in [6, 6.07) is 9.43. The number of benzene rings is 1. The molecule has 0 aliphatic heterocycles. The topological polar surface area (TPSA) is 38.8 Å². The second kappa shape index (κ2) is 9.53. The van der Waals surface area contributed by atoms with Crippen LogP contribution in [0, 0.1) is 0 Å². The first-order chi connectivity index (χ1) is 10.1. The van der Waals surface area contributed by atoms with Gasteiger partial charge in [-0.25, -0.2) is 4.79 Å². The van der Waals surface area contributed by atoms with Crippen molar-refractivity contribution in [2.24, 2.45) is 0 Å². The van der Waals surface area contributed by atoms with Crippen molar-refractivity contribution in [1.82, 2.24) is 4.90 Å². The predicted molar refractivity (Wildman–Crippen MR) is 84.2 cm³/mol. The largest absolute Gasteiger partial charge is 0.462 e. The highest BCUT2D eigenvalue weighted by Crippen LogP contribution is 2.21. The zero-order valence-electron chi connectivity index (χ0n) is 13.5. The fourth-order valence-corrected chi connectivity index (χ4v) is 2.23. The molecule has 0 spiro atoms. The fraction of sp³-hybridized carbons (Fsp3) is 0.588. The smallest absolute Gasteiger partial charge is 0.328 e. The second-order valence-electron chi connectivity index (χ2n) is 5.12. The Hall–Kier alpha value is -1.39. The molecule has 0 aliphatic rings. The number of nitrogens with zero attached hydrogens (tertiary/aromatic N) is 1. The molecule has 0 aromatic heterocycles. The van der Waals surface area contributed by atoms with Gasteiger partial charge < -0.3 is 9.47 Å². The lowest BCUT2D eigenvalue weighted by Crippen LogP contribution is -2.35. The lowest BCUT2D eigenvalue weighted by molar-refractivity contribution is -0.152. The van der Waals surface area contributed by atoms with E-state index >= 15 is 0 Å². The van der Waals surface area contributed by atoms with Gasteiger partial charge in [0, 0.05) is 0 Å². The lowest BCUT2D eigenvalue weighted by Gasteiger charge is -2.28. The number of rotatable bonds is 9. The van der Waals surface area contributed by atoms with Crippen LogP contribution in [0.5, 0.6) is 0 Å². The monoisotopic (exact) mass is 293 g/mol. The van der Waals surface area contributed by atoms with E-state index in [4.69, 9.17) is 9.47 Å². The summed E-state index contributed by atoms with van der Waals surface area (Å²) in [5.74, 6) is -0.211. The molecule has 0 aliphatic carbocycles. The van der Waals surface area contributed by atoms with E-state index in [-0.39, 0.29) is 18.1 Å². The molecule has 1 unspecified atom stereocenters. The Labute approximate surface area is 128 Å². The molecule has 1 rings (SSSR count). The van der Waals surface area contributed by atoms with Gasteiger partial charge in [0.1, 0.15) is 12.6 Å². The highest BCUT2D eigenvalue weighted by atomic mass is 16.6. The molecule has 0 N–H and O–H groups in total. The number of carbonyl (C=O) groups is 1. The Balaban J connectivity index is 2.70. The maximum Gasteiger partial charge on any atom is 0.328 e. The maximum atomic E-state index is 12.4. The molecule has 0 bridgehead atoms. The normalized spacial score (nSPS) is 12.7. The van der Waals surface area contributed by atoms with Crippen molar-refractivity contribution in [3.63, 3.8) is 0 Å². The first-order valence-electron chi connectivity index (χ1n) is 7.67. The Morgan fingerprint density at radius 1 is 1.10 bits per heavy atom. The van der Waals surface area contributed by atoms with Crippen LogP contribution in [0.3, 0.4) is 0 Å². The Kier molecular flexibility index (Phi) is 8.01. The zero-order valence-corrected chi connectivity index (χ0v) is 13.5. The predicted octanol–water partition coefficient (Wildman–Crippen LogP) is 3.04. The van der Waals surface area contributed by atoms with Crippen LogP contribution < -0.4 is 0 Å². The van der Waals surface area contributed by atoms with Gasteiger partial charge in [-0.1, -0.05) is 44.2 Å². The van der Waals surface area contributed by atoms with E-state index in [0.29, 0.717) is 13.2 Å². The Morgan fingerprint density at radius 3 is 2.24 bits per heavy atom. The summed E-state index contributed by atoms with van der Waals surface area (Å²) in [7, 11) is 0. The Morgan fingerprint density at radius 2 is 1.71 bits per heavy atom. The van der Waals surface area contributed by atoms with Gasteiger partial charge in [-0.3, -0.25) is 4.90 Å². The molecule has 118 valence electrons. The molecule has 0 heterocycles. The molecule has 21 heavy (non-hydrogen) atoms. The molecule has 4 heteroatoms. The third-order valence-electron chi connectivity index (χ3n) is 3.29. The maximum absolute atomic E-state index is 12.4. The molecule has 0 saturated heterocycles. The van der Waals surface area contributed by atoms with Crippen LogP contribution in [0.25, 0.3) is 0 Å². The van der Waals surface area contributed by atoms with E-state index in [9.17, 15) is 4.79 Å². The number of carbonyl (C=O) groups excluding carboxylic acids is 1. The van der Waals surface area contributed by atoms with Gasteiger partial charge in [-0.2, -0.15) is 0 Å². The summed E-state index contributed by atoms with van der Waals surface area (Å²) in [6.07, 6.45) is 0.149. The average molecular weight is 293 g/mol. The molecule has 1 aromatic rings. The second-order valence-corrected chi connectivity index (χ2v) is 5.12. The first kappa shape index (κ1) is 17.7. The van der Waals surface area contributed by atoms with Crippen molar-refractivity contribution in [2.45, 2.75) is 39.8 Å². The lowest BCUT2D eigenvalue weighted by atomic mass is 10.1. The molecular weight excluding hydrogens is 266 g/mol. The summed E-state index contributed by atoms with van der Waals surface area (Å²) in [6.45, 7) is 10.4. The van der Waals surface area contributed by atoms with Gasteiger partial charge in [0.25, 0.3) is 0 Å². The van der Waals surface area contributed by atoms with E-state index in [0.717, 1.165) is 18.7 Å². The van der Waals surface area contributed by atoms with Crippen molar-refractivity contribution < 1.29 is 14.3 Å². The first-order valence-corrected chi connectivity index (χ1v) is 7.67. The summed E-state index contributed by atoms with van der Waals surface area (Å²) < 4.78 is 10.8. The van der Waals surface area contributed by atoms with Crippen LogP contribution in [-0.2, 0) is 14.3 Å². The molecule has 0 radical (unpaired) electrons. The van der Waals surface area contributed by atoms with Crippen LogP contribution in [0.4, 0.5) is 0 Å². The van der Waals surface area contributed by atoms with Crippen LogP contribution >= 0.6 is 0 Å². The van der Waals surface area contributed by atoms with Gasteiger partial charge in [0.15, 0.2) is 0 Å². The van der Waals surface area contributed by atoms with Crippen molar-refractivity contribution in [3.05, 3.63) is 35.9 Å². The molecule has 4 nitrogen and oxygen atoms in total. The van der Waals surface area contributed by atoms with E-state index in [1.54, 1.807) is 0 Å². The minimum atomic E-state index is -0.347. The van der Waals surface area contributed by atoms with Crippen LogP contribution in [0.1, 0.15) is 39.3 Å². The summed E-state index contributed by atoms with van der Waals surface area (Å²) in [4.78, 5) is 14.5. The third kappa shape index (κ3) is 5.86. The molecule has 0 saturated carbocycles. The van der Waals surface area contributed by atoms with Gasteiger partial charge >= 0.3 is 5.97 Å². The number of ether oxygens (including phenoxy) is 2. The van der Waals surface area contributed by atoms with Gasteiger partial charge in [-0.05, 0) is 32.5 Å². The fourth-order valence-electron chi connectivity index (χ4n) is 2.23. The molecule has 0 amide bonds. The van der Waals surface area contributed by atoms with E-state index in [2.05, 4.69) is 18.7 Å². The standard InChI is InChI=1S/C17H27NO3/c1-5-18(6-2)16(15-10-8-7-9-11-15)17(19)21-13-12-20-14(3)4/h7-11,14,16H,5-6,12-13H2,1-4H3. The van der Waals surface area contributed by atoms with Crippen LogP contribution in [-0.4, -0.2) is 43.3 Å². The highest BCUT2D eigenvalue weighted by Gasteiger charge is 2.27. The van der Waals surface area contributed by atoms with Crippen molar-refractivity contribution in [1.29, 1.82) is 0 Å². The number of esters is 1. The molecular formula is C17H27NO3. The quantitative estimate of drug-likeness (QED) is 0.518. The average Bonchev–Trinajstić information content (AvgIpc) is 2.49. The van der Waals surface area contributed by atoms with Crippen molar-refractivity contribution in [2.75, 3.05) is 26.3 Å². The number of likely N-dealkylation sites (N-methyl/N-ethyl adjacent to an activating group) is 1. The number of hydrogen-bond acceptors (Lipinski definition) is 4. The van der Waals surface area contributed by atoms with Crippen LogP contribution in [0.15, 0.2) is 30.3 Å². The molecule has 1 atom stereocenters. The van der Waals surface area contributed by atoms with E-state index in [1.807, 2.05) is 44.2 Å². The Bertz CT molecular complexity index is 402. The van der Waals surface area contributed by atoms with E-state index in [1.165, 1.54) is 0 Å². The summed E-state index contributed by atoms with van der Waals surface area (Å²) in [5, 5.41) is 0. The van der Waals surface area contributed by atoms with Gasteiger partial charge in [0.2, 0.25) is 0 Å². The minimum absolute atomic E-state index is 0.149. The van der Waals surface area contributed by atoms with Crippen molar-refractivity contribution in [3.8, 4) is 0 Å². The highest BCUT2D eigenvalue weighted by molar-refractivity contribution is 5.77. The summed E-state index contributed by atoms with van der Waals surface area (Å²) in [5.41, 5.74) is 0.968. The van der Waals surface area contributed by atoms with E-state index < -0.39 is 0 Å². The SMILES string of the molecule is CCN(CC)C(C(=O)OCCOC(C)C)c1ccccc1. The van der Waals surface area contributed by atoms with Crippen LogP contribution in [0.2, 0.25) is 0 Å². The summed E-state index contributed by atoms with van der Waals surface area (Å²) >= 11 is 0. The zero-order chi connectivity index (χ0) is 15.7.